The van der Waals surface area contributed by atoms with Crippen molar-refractivity contribution in [1.82, 2.24) is 5.32 Å². The Labute approximate surface area is 485 Å². The van der Waals surface area contributed by atoms with E-state index >= 15 is 0 Å². The van der Waals surface area contributed by atoms with Crippen LogP contribution in [0, 0.1) is 0 Å². The van der Waals surface area contributed by atoms with Gasteiger partial charge in [0.25, 0.3) is 0 Å². The number of allylic oxidation sites excluding steroid dienone is 5. The minimum atomic E-state index is -1.57. The van der Waals surface area contributed by atoms with Crippen molar-refractivity contribution in [1.29, 1.82) is 0 Å². The second-order valence-corrected chi connectivity index (χ2v) is 23.5. The number of aliphatic hydroxyl groups is 5. The van der Waals surface area contributed by atoms with Gasteiger partial charge in [-0.2, -0.15) is 0 Å². The quantitative estimate of drug-likeness (QED) is 0.0195. The molecule has 0 radical (unpaired) electrons. The minimum absolute atomic E-state index is 0.00146. The van der Waals surface area contributed by atoms with Crippen LogP contribution in [-0.2, 0) is 23.8 Å². The molecule has 0 spiro atoms. The van der Waals surface area contributed by atoms with E-state index in [4.69, 9.17) is 14.2 Å². The summed E-state index contributed by atoms with van der Waals surface area (Å²) in [6, 6.07) is -0.807. The van der Waals surface area contributed by atoms with Gasteiger partial charge >= 0.3 is 5.97 Å². The number of hydrogen-bond acceptors (Lipinski definition) is 10. The number of rotatable bonds is 59. The number of hydrogen-bond donors (Lipinski definition) is 6. The average Bonchev–Trinajstić information content (AvgIpc) is 3.46. The normalized spacial score (nSPS) is 18.6. The molecule has 6 N–H and O–H groups in total. The second kappa shape index (κ2) is 57.7. The van der Waals surface area contributed by atoms with Crippen LogP contribution < -0.4 is 5.32 Å². The zero-order chi connectivity index (χ0) is 57.3. The number of nitrogens with one attached hydrogen (secondary N) is 1. The third-order valence-electron chi connectivity index (χ3n) is 16.0. The molecular weight excluding hydrogens is 991 g/mol. The van der Waals surface area contributed by atoms with E-state index in [2.05, 4.69) is 43.5 Å². The van der Waals surface area contributed by atoms with Gasteiger partial charge in [0.15, 0.2) is 6.29 Å². The van der Waals surface area contributed by atoms with Gasteiger partial charge in [-0.25, -0.2) is 0 Å². The van der Waals surface area contributed by atoms with E-state index in [1.165, 1.54) is 238 Å². The molecule has 79 heavy (non-hydrogen) atoms. The lowest BCUT2D eigenvalue weighted by molar-refractivity contribution is -0.302. The van der Waals surface area contributed by atoms with Crippen molar-refractivity contribution in [2.45, 2.75) is 365 Å². The molecule has 0 bridgehead atoms. The van der Waals surface area contributed by atoms with E-state index in [0.29, 0.717) is 19.4 Å². The van der Waals surface area contributed by atoms with E-state index in [0.717, 1.165) is 57.8 Å². The SMILES string of the molecule is CCCC/C=C\CCCCCCCC(=O)OCCCCCCCCCCCCCC/C=C\CCCCCCCCCCCCCCCCCC(=O)NC(COC1OC(CO)C(O)C(O)C1O)C(O)/C=C/CCCCCCCCC. The van der Waals surface area contributed by atoms with Gasteiger partial charge in [0.2, 0.25) is 5.91 Å². The largest absolute Gasteiger partial charge is 0.466 e. The Morgan fingerprint density at radius 3 is 1.25 bits per heavy atom. The van der Waals surface area contributed by atoms with Gasteiger partial charge in [0, 0.05) is 12.8 Å². The predicted molar refractivity (Wildman–Crippen MR) is 329 cm³/mol. The van der Waals surface area contributed by atoms with E-state index in [9.17, 15) is 35.1 Å². The first kappa shape index (κ1) is 74.9. The van der Waals surface area contributed by atoms with E-state index in [-0.39, 0.29) is 18.5 Å². The molecule has 7 atom stereocenters. The number of aliphatic hydroxyl groups excluding tert-OH is 5. The van der Waals surface area contributed by atoms with Gasteiger partial charge in [-0.1, -0.05) is 269 Å². The number of esters is 1. The van der Waals surface area contributed by atoms with Crippen molar-refractivity contribution in [3.8, 4) is 0 Å². The highest BCUT2D eigenvalue weighted by Crippen LogP contribution is 2.23. The molecule has 1 heterocycles. The fraction of sp³-hybridized carbons (Fsp3) is 0.882. The molecule has 464 valence electrons. The Bertz CT molecular complexity index is 1410. The van der Waals surface area contributed by atoms with Crippen LogP contribution >= 0.6 is 0 Å². The Hall–Kier alpha value is -2.12. The number of ether oxygens (including phenoxy) is 3. The Kier molecular flexibility index (Phi) is 54.7. The fourth-order valence-electron chi connectivity index (χ4n) is 10.6. The maximum atomic E-state index is 13.0. The average molecular weight is 1120 g/mol. The second-order valence-electron chi connectivity index (χ2n) is 23.5. The maximum Gasteiger partial charge on any atom is 0.305 e. The molecule has 1 aliphatic heterocycles. The summed E-state index contributed by atoms with van der Waals surface area (Å²) in [4.78, 5) is 25.0. The lowest BCUT2D eigenvalue weighted by Crippen LogP contribution is -2.60. The molecule has 0 saturated carbocycles. The van der Waals surface area contributed by atoms with Crippen molar-refractivity contribution < 1.29 is 49.3 Å². The smallest absolute Gasteiger partial charge is 0.305 e. The highest BCUT2D eigenvalue weighted by molar-refractivity contribution is 5.76. The van der Waals surface area contributed by atoms with Crippen LogP contribution in [0.3, 0.4) is 0 Å². The summed E-state index contributed by atoms with van der Waals surface area (Å²) < 4.78 is 16.7. The van der Waals surface area contributed by atoms with Crippen LogP contribution in [0.25, 0.3) is 0 Å². The van der Waals surface area contributed by atoms with Crippen molar-refractivity contribution in [2.24, 2.45) is 0 Å². The van der Waals surface area contributed by atoms with Gasteiger partial charge < -0.3 is 45.1 Å². The zero-order valence-corrected chi connectivity index (χ0v) is 51.3. The molecule has 7 unspecified atom stereocenters. The first-order chi connectivity index (χ1) is 38.7. The molecule has 0 aromatic rings. The number of carbonyl (C=O) groups excluding carboxylic acids is 2. The lowest BCUT2D eigenvalue weighted by Gasteiger charge is -2.40. The van der Waals surface area contributed by atoms with Crippen molar-refractivity contribution >= 4 is 11.9 Å². The third-order valence-corrected chi connectivity index (χ3v) is 16.0. The summed E-state index contributed by atoms with van der Waals surface area (Å²) in [5, 5.41) is 54.3. The summed E-state index contributed by atoms with van der Waals surface area (Å²) in [6.45, 7) is 4.30. The van der Waals surface area contributed by atoms with Crippen molar-refractivity contribution in [3.05, 3.63) is 36.5 Å². The molecule has 0 aliphatic carbocycles. The summed E-state index contributed by atoms with van der Waals surface area (Å²) in [6.07, 6.45) is 62.9. The third kappa shape index (κ3) is 47.0. The highest BCUT2D eigenvalue weighted by Gasteiger charge is 2.44. The van der Waals surface area contributed by atoms with Crippen molar-refractivity contribution in [2.75, 3.05) is 19.8 Å². The Morgan fingerprint density at radius 2 is 0.823 bits per heavy atom. The topological polar surface area (TPSA) is 175 Å². The Morgan fingerprint density at radius 1 is 0.456 bits per heavy atom. The molecule has 11 nitrogen and oxygen atoms in total. The van der Waals surface area contributed by atoms with Gasteiger partial charge in [0.05, 0.1) is 32.0 Å². The maximum absolute atomic E-state index is 13.0. The molecule has 1 fully saturated rings. The van der Waals surface area contributed by atoms with E-state index in [1.807, 2.05) is 6.08 Å². The standard InChI is InChI=1S/C68H127NO10/c1-3-5-7-9-11-13-35-40-44-48-52-56-64(73)77-57-53-49-45-41-37-34-32-30-28-26-24-22-20-18-16-14-15-17-19-21-23-25-27-29-31-33-36-39-43-47-51-55-63(72)69-60(61(71)54-50-46-42-38-12-10-8-6-4-2)59-78-68-67(76)66(75)65(74)62(58-70)79-68/h9,11,16,18,50,54,60-62,65-68,70-71,74-76H,3-8,10,12-15,17,19-49,51-53,55-59H2,1-2H3,(H,69,72)/b11-9-,18-16-,54-50+. The highest BCUT2D eigenvalue weighted by atomic mass is 16.7. The van der Waals surface area contributed by atoms with Gasteiger partial charge in [0.1, 0.15) is 24.4 Å². The number of unbranched alkanes of at least 4 members (excludes halogenated alkanes) is 41. The first-order valence-corrected chi connectivity index (χ1v) is 33.8. The van der Waals surface area contributed by atoms with E-state index in [1.54, 1.807) is 6.08 Å². The van der Waals surface area contributed by atoms with Crippen LogP contribution in [0.4, 0.5) is 0 Å². The van der Waals surface area contributed by atoms with Crippen LogP contribution in [0.5, 0.6) is 0 Å². The molecule has 1 saturated heterocycles. The molecule has 1 amide bonds. The van der Waals surface area contributed by atoms with Crippen molar-refractivity contribution in [3.63, 3.8) is 0 Å². The number of carbonyl (C=O) groups is 2. The van der Waals surface area contributed by atoms with Gasteiger partial charge in [-0.05, 0) is 77.0 Å². The summed E-state index contributed by atoms with van der Waals surface area (Å²) in [7, 11) is 0. The summed E-state index contributed by atoms with van der Waals surface area (Å²) in [5.41, 5.74) is 0. The monoisotopic (exact) mass is 1120 g/mol. The van der Waals surface area contributed by atoms with Gasteiger partial charge in [-0.3, -0.25) is 9.59 Å². The molecule has 11 heteroatoms. The van der Waals surface area contributed by atoms with Crippen LogP contribution in [-0.4, -0.2) is 100 Å². The van der Waals surface area contributed by atoms with E-state index < -0.39 is 49.5 Å². The van der Waals surface area contributed by atoms with Crippen LogP contribution in [0.15, 0.2) is 36.5 Å². The number of amides is 1. The fourth-order valence-corrected chi connectivity index (χ4v) is 10.6. The zero-order valence-electron chi connectivity index (χ0n) is 51.3. The summed E-state index contributed by atoms with van der Waals surface area (Å²) >= 11 is 0. The molecule has 1 rings (SSSR count). The first-order valence-electron chi connectivity index (χ1n) is 33.8. The molecule has 1 aliphatic rings. The summed E-state index contributed by atoms with van der Waals surface area (Å²) in [5.74, 6) is -0.182. The molecule has 0 aromatic heterocycles. The minimum Gasteiger partial charge on any atom is -0.466 e. The molecule has 0 aromatic carbocycles. The van der Waals surface area contributed by atoms with Crippen LogP contribution in [0.1, 0.15) is 322 Å². The Balaban J connectivity index is 1.93. The van der Waals surface area contributed by atoms with Gasteiger partial charge in [-0.15, -0.1) is 0 Å². The van der Waals surface area contributed by atoms with Crippen LogP contribution in [0.2, 0.25) is 0 Å². The lowest BCUT2D eigenvalue weighted by atomic mass is 9.99. The predicted octanol–water partition coefficient (Wildman–Crippen LogP) is 16.6. The molecular formula is C68H127NO10.